The van der Waals surface area contributed by atoms with Crippen LogP contribution in [0.25, 0.3) is 11.1 Å². The molecule has 0 saturated carbocycles. The molecule has 0 atom stereocenters. The van der Waals surface area contributed by atoms with E-state index in [0.717, 1.165) is 48.7 Å². The summed E-state index contributed by atoms with van der Waals surface area (Å²) in [6, 6.07) is 5.91. The van der Waals surface area contributed by atoms with Gasteiger partial charge < -0.3 is 19.3 Å². The third-order valence-corrected chi connectivity index (χ3v) is 10.2. The van der Waals surface area contributed by atoms with Crippen molar-refractivity contribution < 1.29 is 14.3 Å². The number of amides is 1. The fourth-order valence-electron chi connectivity index (χ4n) is 3.94. The maximum absolute atomic E-state index is 13.5. The lowest BCUT2D eigenvalue weighted by Crippen LogP contribution is -2.49. The molecule has 10 heteroatoms. The van der Waals surface area contributed by atoms with Gasteiger partial charge in [0.25, 0.3) is 0 Å². The minimum absolute atomic E-state index is 0.0333. The van der Waals surface area contributed by atoms with Crippen LogP contribution in [-0.2, 0) is 15.1 Å². The molecular weight excluding hydrogens is 489 g/mol. The summed E-state index contributed by atoms with van der Waals surface area (Å²) in [6.07, 6.45) is 0. The molecule has 0 aliphatic carbocycles. The predicted molar refractivity (Wildman–Crippen MR) is 138 cm³/mol. The lowest BCUT2D eigenvalue weighted by Gasteiger charge is -2.43. The summed E-state index contributed by atoms with van der Waals surface area (Å²) in [6.45, 7) is 9.63. The van der Waals surface area contributed by atoms with Crippen molar-refractivity contribution in [1.29, 1.82) is 0 Å². The zero-order valence-electron chi connectivity index (χ0n) is 17.6. The van der Waals surface area contributed by atoms with E-state index in [0.29, 0.717) is 19.8 Å². The second-order valence-corrected chi connectivity index (χ2v) is 12.1. The Labute approximate surface area is 204 Å². The van der Waals surface area contributed by atoms with E-state index in [4.69, 9.17) is 33.9 Å². The third kappa shape index (κ3) is 4.43. The molecule has 5 nitrogen and oxygen atoms in total. The average Bonchev–Trinajstić information content (AvgIpc) is 3.16. The first-order valence-electron chi connectivity index (χ1n) is 10.1. The normalized spacial score (nSPS) is 17.1. The number of rotatable bonds is 4. The first kappa shape index (κ1) is 23.1. The largest absolute Gasteiger partial charge is 0.494 e. The monoisotopic (exact) mass is 512 g/mol. The summed E-state index contributed by atoms with van der Waals surface area (Å²) in [5.41, 5.74) is 2.41. The van der Waals surface area contributed by atoms with Gasteiger partial charge in [-0.1, -0.05) is 56.9 Å². The van der Waals surface area contributed by atoms with Crippen molar-refractivity contribution in [3.63, 3.8) is 0 Å². The lowest BCUT2D eigenvalue weighted by atomic mass is 9.87. The maximum atomic E-state index is 13.5. The molecule has 0 bridgehead atoms. The van der Waals surface area contributed by atoms with Crippen molar-refractivity contribution in [2.24, 2.45) is 0 Å². The van der Waals surface area contributed by atoms with Crippen LogP contribution in [0.2, 0.25) is 0 Å². The maximum Gasteiger partial charge on any atom is 0.238 e. The number of carbonyl (C=O) groups is 1. The van der Waals surface area contributed by atoms with Crippen LogP contribution >= 0.6 is 56.9 Å². The number of thioether (sulfide) groups is 1. The van der Waals surface area contributed by atoms with Gasteiger partial charge in [0.2, 0.25) is 5.91 Å². The number of morpholine rings is 1. The fourth-order valence-corrected chi connectivity index (χ4v) is 8.32. The van der Waals surface area contributed by atoms with Gasteiger partial charge in [0.15, 0.2) is 0 Å². The summed E-state index contributed by atoms with van der Waals surface area (Å²) in [4.78, 5) is 18.7. The smallest absolute Gasteiger partial charge is 0.238 e. The molecule has 1 aromatic carbocycles. The number of anilines is 1. The minimum Gasteiger partial charge on any atom is -0.494 e. The summed E-state index contributed by atoms with van der Waals surface area (Å²) in [5, 5.41) is 0. The van der Waals surface area contributed by atoms with Crippen molar-refractivity contribution in [3.8, 4) is 16.9 Å². The third-order valence-electron chi connectivity index (χ3n) is 5.37. The molecule has 1 saturated heterocycles. The summed E-state index contributed by atoms with van der Waals surface area (Å²) in [5.74, 6) is 1.11. The molecule has 4 rings (SSSR count). The van der Waals surface area contributed by atoms with Gasteiger partial charge >= 0.3 is 0 Å². The highest BCUT2D eigenvalue weighted by Gasteiger charge is 2.43. The molecule has 1 amide bonds. The second-order valence-electron chi connectivity index (χ2n) is 7.71. The van der Waals surface area contributed by atoms with Crippen LogP contribution < -0.4 is 9.64 Å². The first-order valence-corrected chi connectivity index (χ1v) is 14.0. The number of hydrogen-bond donors (Lipinski definition) is 0. The Balaban J connectivity index is 1.65. The van der Waals surface area contributed by atoms with Crippen LogP contribution in [0, 0.1) is 3.82 Å². The molecule has 1 aromatic heterocycles. The number of hydrogen-bond acceptors (Lipinski definition) is 8. The Morgan fingerprint density at radius 2 is 2.03 bits per heavy atom. The molecule has 2 aromatic rings. The lowest BCUT2D eigenvalue weighted by molar-refractivity contribution is -0.117. The number of thiocarbonyl (C=S) groups is 1. The second kappa shape index (κ2) is 9.44. The molecule has 0 radical (unpaired) electrons. The molecule has 31 heavy (non-hydrogen) atoms. The van der Waals surface area contributed by atoms with Gasteiger partial charge in [0, 0.05) is 24.2 Å². The van der Waals surface area contributed by atoms with Crippen LogP contribution in [-0.4, -0.2) is 53.8 Å². The van der Waals surface area contributed by atoms with Crippen LogP contribution in [0.4, 0.5) is 5.69 Å². The van der Waals surface area contributed by atoms with Crippen molar-refractivity contribution in [2.75, 3.05) is 43.6 Å². The van der Waals surface area contributed by atoms with Crippen molar-refractivity contribution in [3.05, 3.63) is 26.9 Å². The standard InChI is InChI=1S/C21H24N2O3S5/c1-4-26-13-5-6-15-14(11-13)17-18(30-31-19(17)27)21(2,3)23(15)16(24)12-29-20(28)22-7-9-25-10-8-22/h5-6,11H,4,7-10,12H2,1-3H3. The average molecular weight is 513 g/mol. The zero-order valence-corrected chi connectivity index (χ0v) is 21.7. The van der Waals surface area contributed by atoms with Gasteiger partial charge in [-0.3, -0.25) is 4.79 Å². The van der Waals surface area contributed by atoms with Crippen molar-refractivity contribution in [2.45, 2.75) is 26.3 Å². The van der Waals surface area contributed by atoms with Crippen LogP contribution in [0.1, 0.15) is 25.6 Å². The Morgan fingerprint density at radius 3 is 2.74 bits per heavy atom. The number of ether oxygens (including phenoxy) is 2. The van der Waals surface area contributed by atoms with E-state index in [2.05, 4.69) is 18.7 Å². The molecule has 166 valence electrons. The molecule has 1 fully saturated rings. The van der Waals surface area contributed by atoms with Gasteiger partial charge in [-0.2, -0.15) is 0 Å². The number of nitrogens with zero attached hydrogens (tertiary/aromatic N) is 2. The quantitative estimate of drug-likeness (QED) is 0.394. The molecular formula is C21H24N2O3S5. The molecule has 0 spiro atoms. The van der Waals surface area contributed by atoms with Crippen LogP contribution in [0.5, 0.6) is 5.75 Å². The Hall–Kier alpha value is -1.04. The molecule has 0 N–H and O–H groups in total. The highest BCUT2D eigenvalue weighted by molar-refractivity contribution is 8.23. The molecule has 2 aliphatic heterocycles. The van der Waals surface area contributed by atoms with E-state index in [9.17, 15) is 4.79 Å². The summed E-state index contributed by atoms with van der Waals surface area (Å²) >= 11 is 12.7. The van der Waals surface area contributed by atoms with E-state index in [1.807, 2.05) is 30.0 Å². The summed E-state index contributed by atoms with van der Waals surface area (Å²) in [7, 11) is 3.25. The fraction of sp³-hybridized carbons (Fsp3) is 0.476. The Kier molecular flexibility index (Phi) is 7.05. The molecule has 3 heterocycles. The predicted octanol–water partition coefficient (Wildman–Crippen LogP) is 5.54. The van der Waals surface area contributed by atoms with Crippen LogP contribution in [0.15, 0.2) is 18.2 Å². The van der Waals surface area contributed by atoms with E-state index >= 15 is 0 Å². The SMILES string of the molecule is CCOc1ccc2c(c1)-c1c(ssc1=S)C(C)(C)N2C(=O)CSC(=S)N1CCOCC1. The van der Waals surface area contributed by atoms with E-state index in [1.165, 1.54) is 11.8 Å². The van der Waals surface area contributed by atoms with Crippen LogP contribution in [0.3, 0.4) is 0 Å². The van der Waals surface area contributed by atoms with E-state index in [1.54, 1.807) is 20.7 Å². The van der Waals surface area contributed by atoms with E-state index in [-0.39, 0.29) is 11.7 Å². The van der Waals surface area contributed by atoms with Gasteiger partial charge in [-0.25, -0.2) is 0 Å². The summed E-state index contributed by atoms with van der Waals surface area (Å²) < 4.78 is 12.7. The Bertz CT molecular complexity index is 1060. The highest BCUT2D eigenvalue weighted by atomic mass is 32.9. The number of fused-ring (bicyclic) bond motifs is 3. The van der Waals surface area contributed by atoms with Gasteiger partial charge in [0.05, 0.1) is 41.7 Å². The molecule has 0 unspecified atom stereocenters. The zero-order chi connectivity index (χ0) is 22.2. The topological polar surface area (TPSA) is 42.0 Å². The van der Waals surface area contributed by atoms with Gasteiger partial charge in [-0.05, 0) is 39.0 Å². The van der Waals surface area contributed by atoms with Gasteiger partial charge in [-0.15, -0.1) is 0 Å². The molecule has 2 aliphatic rings. The Morgan fingerprint density at radius 1 is 1.29 bits per heavy atom. The first-order chi connectivity index (χ1) is 14.8. The van der Waals surface area contributed by atoms with Gasteiger partial charge in [0.1, 0.15) is 13.9 Å². The number of carbonyl (C=O) groups excluding carboxylic acids is 1. The minimum atomic E-state index is -0.494. The highest BCUT2D eigenvalue weighted by Crippen LogP contribution is 2.53. The van der Waals surface area contributed by atoms with Crippen molar-refractivity contribution >= 4 is 72.8 Å². The van der Waals surface area contributed by atoms with E-state index < -0.39 is 5.54 Å². The van der Waals surface area contributed by atoms with Crippen molar-refractivity contribution in [1.82, 2.24) is 4.90 Å². The number of benzene rings is 1.